The molecule has 0 radical (unpaired) electrons. The lowest BCUT2D eigenvalue weighted by Crippen LogP contribution is -2.42. The molecule has 2 saturated carbocycles. The van der Waals surface area contributed by atoms with Crippen LogP contribution in [0.3, 0.4) is 0 Å². The van der Waals surface area contributed by atoms with Gasteiger partial charge in [0.05, 0.1) is 6.07 Å². The highest BCUT2D eigenvalue weighted by Crippen LogP contribution is 2.30. The molecule has 0 aromatic heterocycles. The zero-order valence-electron chi connectivity index (χ0n) is 16.1. The van der Waals surface area contributed by atoms with Gasteiger partial charge in [0.1, 0.15) is 0 Å². The van der Waals surface area contributed by atoms with Crippen molar-refractivity contribution in [3.05, 3.63) is 11.4 Å². The van der Waals surface area contributed by atoms with E-state index in [2.05, 4.69) is 10.9 Å². The van der Waals surface area contributed by atoms with Crippen molar-refractivity contribution >= 4 is 11.8 Å². The molecular weight excluding hydrogens is 340 g/mol. The van der Waals surface area contributed by atoms with Crippen LogP contribution < -0.4 is 0 Å². The summed E-state index contributed by atoms with van der Waals surface area (Å²) >= 11 is 0. The molecule has 6 heteroatoms. The van der Waals surface area contributed by atoms with Gasteiger partial charge in [-0.25, -0.2) is 6.57 Å². The van der Waals surface area contributed by atoms with Crippen molar-refractivity contribution in [2.75, 3.05) is 26.2 Å². The average Bonchev–Trinajstić information content (AvgIpc) is 2.99. The van der Waals surface area contributed by atoms with Crippen molar-refractivity contribution in [1.82, 2.24) is 9.80 Å². The number of carbonyl (C=O) groups excluding carboxylic acids is 2. The van der Waals surface area contributed by atoms with E-state index < -0.39 is 0 Å². The highest BCUT2D eigenvalue weighted by molar-refractivity contribution is 5.80. The SMILES string of the molecule is [C-]#[N+]C1CCC(C(=O)N2CCCN(C(=O)C3CCC(C#N)CC3)CC2)CC1. The van der Waals surface area contributed by atoms with Crippen LogP contribution in [0.4, 0.5) is 0 Å². The molecule has 2 aliphatic carbocycles. The van der Waals surface area contributed by atoms with Gasteiger partial charge in [0.15, 0.2) is 0 Å². The maximum absolute atomic E-state index is 12.9. The Bertz CT molecular complexity index is 565. The molecule has 0 unspecified atom stereocenters. The molecule has 0 spiro atoms. The van der Waals surface area contributed by atoms with Crippen LogP contribution >= 0.6 is 0 Å². The highest BCUT2D eigenvalue weighted by atomic mass is 16.2. The van der Waals surface area contributed by atoms with Crippen molar-refractivity contribution in [2.45, 2.75) is 63.8 Å². The van der Waals surface area contributed by atoms with Crippen LogP contribution in [0, 0.1) is 35.7 Å². The third-order valence-electron chi connectivity index (χ3n) is 6.61. The quantitative estimate of drug-likeness (QED) is 0.702. The molecule has 0 atom stereocenters. The minimum atomic E-state index is 0.0563. The first-order chi connectivity index (χ1) is 13.1. The maximum Gasteiger partial charge on any atom is 0.225 e. The fraction of sp³-hybridized carbons (Fsp3) is 0.810. The van der Waals surface area contributed by atoms with Gasteiger partial charge in [-0.1, -0.05) is 0 Å². The fourth-order valence-corrected chi connectivity index (χ4v) is 4.80. The number of carbonyl (C=O) groups is 2. The monoisotopic (exact) mass is 370 g/mol. The second kappa shape index (κ2) is 9.22. The van der Waals surface area contributed by atoms with Crippen LogP contribution in [0.25, 0.3) is 4.85 Å². The molecule has 0 N–H and O–H groups in total. The van der Waals surface area contributed by atoms with Gasteiger partial charge in [0.25, 0.3) is 0 Å². The maximum atomic E-state index is 12.9. The molecule has 1 aliphatic heterocycles. The first-order valence-electron chi connectivity index (χ1n) is 10.5. The van der Waals surface area contributed by atoms with E-state index in [1.54, 1.807) is 0 Å². The standard InChI is InChI=1S/C21H30N4O2/c1-23-19-9-7-18(8-10-19)21(27)25-12-2-11-24(13-14-25)20(26)17-5-3-16(15-22)4-6-17/h16-19H,2-14H2. The van der Waals surface area contributed by atoms with Crippen LogP contribution in [-0.4, -0.2) is 53.8 Å². The van der Waals surface area contributed by atoms with Crippen LogP contribution in [0.5, 0.6) is 0 Å². The fourth-order valence-electron chi connectivity index (χ4n) is 4.80. The number of amides is 2. The number of nitriles is 1. The van der Waals surface area contributed by atoms with Gasteiger partial charge in [0.2, 0.25) is 17.9 Å². The molecule has 0 aromatic carbocycles. The van der Waals surface area contributed by atoms with Gasteiger partial charge in [-0.05, 0) is 44.9 Å². The van der Waals surface area contributed by atoms with Crippen molar-refractivity contribution in [1.29, 1.82) is 5.26 Å². The molecule has 0 aromatic rings. The Morgan fingerprint density at radius 2 is 1.30 bits per heavy atom. The van der Waals surface area contributed by atoms with Gasteiger partial charge in [0, 0.05) is 56.8 Å². The zero-order valence-corrected chi connectivity index (χ0v) is 16.1. The lowest BCUT2D eigenvalue weighted by atomic mass is 9.82. The number of hydrogen-bond acceptors (Lipinski definition) is 3. The highest BCUT2D eigenvalue weighted by Gasteiger charge is 2.34. The molecule has 1 heterocycles. The molecule has 6 nitrogen and oxygen atoms in total. The number of rotatable bonds is 2. The molecule has 2 amide bonds. The van der Waals surface area contributed by atoms with Crippen molar-refractivity contribution in [2.24, 2.45) is 17.8 Å². The first kappa shape index (κ1) is 19.7. The van der Waals surface area contributed by atoms with E-state index in [4.69, 9.17) is 11.8 Å². The van der Waals surface area contributed by atoms with Crippen molar-refractivity contribution < 1.29 is 9.59 Å². The Balaban J connectivity index is 1.49. The Morgan fingerprint density at radius 3 is 1.74 bits per heavy atom. The number of nitrogens with zero attached hydrogens (tertiary/aromatic N) is 4. The van der Waals surface area contributed by atoms with Crippen LogP contribution in [-0.2, 0) is 9.59 Å². The smallest absolute Gasteiger partial charge is 0.225 e. The Morgan fingerprint density at radius 1 is 0.815 bits per heavy atom. The molecule has 3 fully saturated rings. The van der Waals surface area contributed by atoms with Crippen LogP contribution in [0.15, 0.2) is 0 Å². The molecule has 27 heavy (non-hydrogen) atoms. The predicted molar refractivity (Wildman–Crippen MR) is 101 cm³/mol. The predicted octanol–water partition coefficient (Wildman–Crippen LogP) is 2.86. The molecular formula is C21H30N4O2. The summed E-state index contributed by atoms with van der Waals surface area (Å²) in [5.41, 5.74) is 0. The van der Waals surface area contributed by atoms with Gasteiger partial charge in [-0.3, -0.25) is 9.59 Å². The Labute approximate surface area is 162 Å². The van der Waals surface area contributed by atoms with E-state index in [-0.39, 0.29) is 35.6 Å². The summed E-state index contributed by atoms with van der Waals surface area (Å²) in [6.07, 6.45) is 7.47. The molecule has 3 rings (SSSR count). The van der Waals surface area contributed by atoms with Gasteiger partial charge in [-0.15, -0.1) is 0 Å². The van der Waals surface area contributed by atoms with Gasteiger partial charge in [-0.2, -0.15) is 5.26 Å². The summed E-state index contributed by atoms with van der Waals surface area (Å²) < 4.78 is 0. The van der Waals surface area contributed by atoms with Crippen molar-refractivity contribution in [3.8, 4) is 6.07 Å². The second-order valence-electron chi connectivity index (χ2n) is 8.32. The lowest BCUT2D eigenvalue weighted by molar-refractivity contribution is -0.139. The Kier molecular flexibility index (Phi) is 6.72. The zero-order chi connectivity index (χ0) is 19.2. The normalized spacial score (nSPS) is 32.1. The van der Waals surface area contributed by atoms with Gasteiger partial charge >= 0.3 is 0 Å². The summed E-state index contributed by atoms with van der Waals surface area (Å²) in [6, 6.07) is 2.42. The minimum Gasteiger partial charge on any atom is -0.341 e. The van der Waals surface area contributed by atoms with E-state index in [0.29, 0.717) is 13.1 Å². The third kappa shape index (κ3) is 4.80. The largest absolute Gasteiger partial charge is 0.341 e. The average molecular weight is 370 g/mol. The summed E-state index contributed by atoms with van der Waals surface area (Å²) in [7, 11) is 0. The molecule has 1 saturated heterocycles. The van der Waals surface area contributed by atoms with Gasteiger partial charge < -0.3 is 14.6 Å². The van der Waals surface area contributed by atoms with E-state index in [1.165, 1.54) is 0 Å². The van der Waals surface area contributed by atoms with Crippen molar-refractivity contribution in [3.63, 3.8) is 0 Å². The summed E-state index contributed by atoms with van der Waals surface area (Å²) in [5, 5.41) is 9.02. The first-order valence-corrected chi connectivity index (χ1v) is 10.5. The van der Waals surface area contributed by atoms with E-state index in [9.17, 15) is 9.59 Å². The third-order valence-corrected chi connectivity index (χ3v) is 6.61. The van der Waals surface area contributed by atoms with E-state index >= 15 is 0 Å². The summed E-state index contributed by atoms with van der Waals surface area (Å²) in [5.74, 6) is 0.678. The molecule has 0 bridgehead atoms. The van der Waals surface area contributed by atoms with Crippen LogP contribution in [0.2, 0.25) is 0 Å². The lowest BCUT2D eigenvalue weighted by Gasteiger charge is -2.30. The topological polar surface area (TPSA) is 68.8 Å². The Hall–Kier alpha value is -2.08. The number of hydrogen-bond donors (Lipinski definition) is 0. The summed E-state index contributed by atoms with van der Waals surface area (Å²) in [6.45, 7) is 9.85. The van der Waals surface area contributed by atoms with E-state index in [0.717, 1.165) is 70.9 Å². The van der Waals surface area contributed by atoms with Crippen LogP contribution in [0.1, 0.15) is 57.8 Å². The summed E-state index contributed by atoms with van der Waals surface area (Å²) in [4.78, 5) is 33.2. The minimum absolute atomic E-state index is 0.0563. The van der Waals surface area contributed by atoms with E-state index in [1.807, 2.05) is 9.80 Å². The molecule has 3 aliphatic rings. The molecule has 146 valence electrons. The second-order valence-corrected chi connectivity index (χ2v) is 8.32.